The van der Waals surface area contributed by atoms with Gasteiger partial charge in [0.25, 0.3) is 0 Å². The fourth-order valence-electron chi connectivity index (χ4n) is 0.744. The van der Waals surface area contributed by atoms with Gasteiger partial charge in [-0.05, 0) is 14.0 Å². The van der Waals surface area contributed by atoms with Crippen LogP contribution in [0.2, 0.25) is 0 Å². The van der Waals surface area contributed by atoms with Gasteiger partial charge in [0.1, 0.15) is 0 Å². The van der Waals surface area contributed by atoms with E-state index in [4.69, 9.17) is 4.74 Å². The van der Waals surface area contributed by atoms with Gasteiger partial charge < -0.3 is 4.74 Å². The Bertz CT molecular complexity index is 175. The van der Waals surface area contributed by atoms with E-state index in [1.807, 2.05) is 13.8 Å². The van der Waals surface area contributed by atoms with Crippen LogP contribution in [-0.2, 0) is 9.53 Å². The van der Waals surface area contributed by atoms with Gasteiger partial charge >= 0.3 is 5.97 Å². The van der Waals surface area contributed by atoms with Crippen LogP contribution >= 0.6 is 0 Å². The van der Waals surface area contributed by atoms with E-state index in [0.29, 0.717) is 5.57 Å². The van der Waals surface area contributed by atoms with Crippen LogP contribution in [-0.4, -0.2) is 19.2 Å². The number of carbonyl (C=O) groups excluding carboxylic acids is 1. The lowest BCUT2D eigenvalue weighted by molar-refractivity contribution is -0.147. The van der Waals surface area contributed by atoms with E-state index in [9.17, 15) is 4.79 Å². The predicted octanol–water partition coefficient (Wildman–Crippen LogP) is 1.31. The van der Waals surface area contributed by atoms with E-state index >= 15 is 0 Å². The lowest BCUT2D eigenvalue weighted by Gasteiger charge is -2.20. The molecule has 0 spiro atoms. The number of ether oxygens (including phenoxy) is 1. The van der Waals surface area contributed by atoms with E-state index in [-0.39, 0.29) is 18.1 Å². The van der Waals surface area contributed by atoms with Crippen LogP contribution in [0.15, 0.2) is 12.2 Å². The zero-order valence-electron chi connectivity index (χ0n) is 8.18. The van der Waals surface area contributed by atoms with Crippen molar-refractivity contribution in [2.75, 3.05) is 7.05 Å². The molecule has 1 unspecified atom stereocenters. The monoisotopic (exact) mass is 171 g/mol. The third kappa shape index (κ3) is 3.53. The highest BCUT2D eigenvalue weighted by Gasteiger charge is 2.15. The Morgan fingerprint density at radius 2 is 2.00 bits per heavy atom. The van der Waals surface area contributed by atoms with Crippen molar-refractivity contribution in [3.8, 4) is 0 Å². The maximum absolute atomic E-state index is 11.1. The van der Waals surface area contributed by atoms with Crippen LogP contribution < -0.4 is 5.32 Å². The summed E-state index contributed by atoms with van der Waals surface area (Å²) in [6, 6.07) is 0. The molecule has 70 valence electrons. The average molecular weight is 171 g/mol. The van der Waals surface area contributed by atoms with E-state index in [0.717, 1.165) is 0 Å². The molecule has 0 saturated heterocycles. The molecular weight excluding hydrogens is 154 g/mol. The highest BCUT2D eigenvalue weighted by Crippen LogP contribution is 2.05. The van der Waals surface area contributed by atoms with Crippen molar-refractivity contribution < 1.29 is 9.53 Å². The molecule has 0 fully saturated rings. The standard InChI is InChI=1S/C9H17NO2/c1-6(2)8(10-5)12-9(11)7(3)4/h6,8,10H,3H2,1-2,4-5H3. The van der Waals surface area contributed by atoms with Gasteiger partial charge in [-0.15, -0.1) is 0 Å². The summed E-state index contributed by atoms with van der Waals surface area (Å²) in [5.41, 5.74) is 0.427. The first-order valence-electron chi connectivity index (χ1n) is 4.02. The second-order valence-electron chi connectivity index (χ2n) is 3.14. The number of nitrogens with one attached hydrogen (secondary N) is 1. The van der Waals surface area contributed by atoms with Gasteiger partial charge in [-0.2, -0.15) is 0 Å². The molecule has 1 atom stereocenters. The Hall–Kier alpha value is -0.830. The van der Waals surface area contributed by atoms with Crippen molar-refractivity contribution in [3.63, 3.8) is 0 Å². The fraction of sp³-hybridized carbons (Fsp3) is 0.667. The van der Waals surface area contributed by atoms with Crippen molar-refractivity contribution in [3.05, 3.63) is 12.2 Å². The molecule has 3 nitrogen and oxygen atoms in total. The molecular formula is C9H17NO2. The first kappa shape index (κ1) is 11.2. The quantitative estimate of drug-likeness (QED) is 0.394. The van der Waals surface area contributed by atoms with Gasteiger partial charge in [-0.25, -0.2) is 4.79 Å². The summed E-state index contributed by atoms with van der Waals surface area (Å²) >= 11 is 0. The van der Waals surface area contributed by atoms with E-state index in [1.54, 1.807) is 14.0 Å². The highest BCUT2D eigenvalue weighted by molar-refractivity contribution is 5.87. The number of carbonyl (C=O) groups is 1. The molecule has 0 aromatic heterocycles. The summed E-state index contributed by atoms with van der Waals surface area (Å²) in [7, 11) is 1.76. The third-order valence-corrected chi connectivity index (χ3v) is 1.47. The van der Waals surface area contributed by atoms with E-state index in [2.05, 4.69) is 11.9 Å². The average Bonchev–Trinajstić information content (AvgIpc) is 1.98. The largest absolute Gasteiger partial charge is 0.443 e. The SMILES string of the molecule is C=C(C)C(=O)OC(NC)C(C)C. The number of rotatable bonds is 4. The molecule has 0 aliphatic carbocycles. The van der Waals surface area contributed by atoms with Gasteiger partial charge in [0, 0.05) is 11.5 Å². The maximum Gasteiger partial charge on any atom is 0.334 e. The number of hydrogen-bond donors (Lipinski definition) is 1. The molecule has 12 heavy (non-hydrogen) atoms. The smallest absolute Gasteiger partial charge is 0.334 e. The van der Waals surface area contributed by atoms with Gasteiger partial charge in [0.05, 0.1) is 0 Å². The summed E-state index contributed by atoms with van der Waals surface area (Å²) in [4.78, 5) is 11.1. The second kappa shape index (κ2) is 4.93. The molecule has 0 rings (SSSR count). The molecule has 3 heteroatoms. The van der Waals surface area contributed by atoms with Crippen LogP contribution in [0, 0.1) is 5.92 Å². The zero-order valence-corrected chi connectivity index (χ0v) is 8.18. The van der Waals surface area contributed by atoms with Crippen LogP contribution in [0.4, 0.5) is 0 Å². The summed E-state index contributed by atoms with van der Waals surface area (Å²) < 4.78 is 5.07. The normalized spacial score (nSPS) is 12.8. The molecule has 0 saturated carbocycles. The van der Waals surface area contributed by atoms with Crippen molar-refractivity contribution >= 4 is 5.97 Å². The number of hydrogen-bond acceptors (Lipinski definition) is 3. The lowest BCUT2D eigenvalue weighted by atomic mass is 10.2. The number of esters is 1. The summed E-state index contributed by atoms with van der Waals surface area (Å²) in [6.45, 7) is 9.09. The predicted molar refractivity (Wildman–Crippen MR) is 48.6 cm³/mol. The molecule has 0 bridgehead atoms. The van der Waals surface area contributed by atoms with Crippen molar-refractivity contribution in [2.45, 2.75) is 27.0 Å². The summed E-state index contributed by atoms with van der Waals surface area (Å²) in [5, 5.41) is 2.90. The Morgan fingerprint density at radius 1 is 1.50 bits per heavy atom. The van der Waals surface area contributed by atoms with Gasteiger partial charge in [-0.1, -0.05) is 20.4 Å². The Kier molecular flexibility index (Phi) is 4.59. The van der Waals surface area contributed by atoms with Crippen LogP contribution in [0.25, 0.3) is 0 Å². The molecule has 0 aliphatic rings. The van der Waals surface area contributed by atoms with Gasteiger partial charge in [0.2, 0.25) is 0 Å². The molecule has 0 aliphatic heterocycles. The van der Waals surface area contributed by atoms with Crippen molar-refractivity contribution in [1.29, 1.82) is 0 Å². The van der Waals surface area contributed by atoms with E-state index < -0.39 is 0 Å². The molecule has 0 radical (unpaired) electrons. The topological polar surface area (TPSA) is 38.3 Å². The van der Waals surface area contributed by atoms with Gasteiger partial charge in [0.15, 0.2) is 6.23 Å². The lowest BCUT2D eigenvalue weighted by Crippen LogP contribution is -2.35. The first-order valence-corrected chi connectivity index (χ1v) is 4.02. The fourth-order valence-corrected chi connectivity index (χ4v) is 0.744. The minimum Gasteiger partial charge on any atom is -0.443 e. The molecule has 0 aromatic rings. The van der Waals surface area contributed by atoms with Crippen LogP contribution in [0.3, 0.4) is 0 Å². The summed E-state index contributed by atoms with van der Waals surface area (Å²) in [5.74, 6) is -0.0821. The van der Waals surface area contributed by atoms with Crippen LogP contribution in [0.1, 0.15) is 20.8 Å². The first-order chi connectivity index (χ1) is 5.49. The van der Waals surface area contributed by atoms with Crippen molar-refractivity contribution in [1.82, 2.24) is 5.32 Å². The minimum atomic E-state index is -0.344. The Balaban J connectivity index is 4.03. The van der Waals surface area contributed by atoms with E-state index in [1.165, 1.54) is 0 Å². The molecule has 0 aromatic carbocycles. The zero-order chi connectivity index (χ0) is 9.72. The van der Waals surface area contributed by atoms with Crippen molar-refractivity contribution in [2.24, 2.45) is 5.92 Å². The van der Waals surface area contributed by atoms with Crippen LogP contribution in [0.5, 0.6) is 0 Å². The minimum absolute atomic E-state index is 0.228. The third-order valence-electron chi connectivity index (χ3n) is 1.47. The Labute approximate surface area is 73.8 Å². The summed E-state index contributed by atoms with van der Waals surface area (Å²) in [6.07, 6.45) is -0.228. The second-order valence-corrected chi connectivity index (χ2v) is 3.14. The highest BCUT2D eigenvalue weighted by atomic mass is 16.6. The molecule has 0 amide bonds. The Morgan fingerprint density at radius 3 is 2.25 bits per heavy atom. The molecule has 1 N–H and O–H groups in total. The maximum atomic E-state index is 11.1. The molecule has 0 heterocycles. The van der Waals surface area contributed by atoms with Gasteiger partial charge in [-0.3, -0.25) is 5.32 Å².